The summed E-state index contributed by atoms with van der Waals surface area (Å²) in [5.74, 6) is -1.35. The fourth-order valence-electron chi connectivity index (χ4n) is 1.71. The van der Waals surface area contributed by atoms with Crippen molar-refractivity contribution < 1.29 is 19.4 Å². The topological polar surface area (TPSA) is 76.5 Å². The van der Waals surface area contributed by atoms with Gasteiger partial charge in [0.05, 0.1) is 12.0 Å². The number of carbonyl (C=O) groups excluding carboxylic acids is 2. The molecule has 2 aromatic rings. The van der Waals surface area contributed by atoms with Crippen LogP contribution in [0.2, 0.25) is 10.3 Å². The normalized spacial score (nSPS) is 10.3. The number of hydrogen-bond donors (Lipinski definition) is 1. The maximum absolute atomic E-state index is 11.8. The molecular formula is C15H11Cl2NO4. The highest BCUT2D eigenvalue weighted by Crippen LogP contribution is 2.16. The molecular weight excluding hydrogens is 329 g/mol. The van der Waals surface area contributed by atoms with Gasteiger partial charge >= 0.3 is 11.9 Å². The maximum Gasteiger partial charge on any atom is 0.346 e. The Morgan fingerprint density at radius 2 is 1.68 bits per heavy atom. The number of phenols is 1. The number of carbonyl (C=O) groups is 2. The summed E-state index contributed by atoms with van der Waals surface area (Å²) in [4.78, 5) is 27.2. The minimum absolute atomic E-state index is 0.0308. The predicted octanol–water partition coefficient (Wildman–Crippen LogP) is 3.41. The van der Waals surface area contributed by atoms with Crippen molar-refractivity contribution in [2.45, 2.75) is 12.8 Å². The minimum atomic E-state index is -0.832. The van der Waals surface area contributed by atoms with Gasteiger partial charge in [0.25, 0.3) is 0 Å². The molecule has 0 unspecified atom stereocenters. The van der Waals surface area contributed by atoms with Crippen LogP contribution in [0, 0.1) is 0 Å². The molecule has 0 bridgehead atoms. The SMILES string of the molecule is O=C(CCc1ccc(O)cc1)OC(=O)c1cc(Cl)nc(Cl)c1. The standard InChI is InChI=1S/C15H11Cl2NO4/c16-12-7-10(8-13(17)18-12)15(21)22-14(20)6-3-9-1-4-11(19)5-2-9/h1-2,4-5,7-8,19H,3,6H2. The number of phenolic OH excluding ortho intramolecular Hbond substituents is 1. The largest absolute Gasteiger partial charge is 0.508 e. The van der Waals surface area contributed by atoms with Gasteiger partial charge in [0.1, 0.15) is 16.1 Å². The van der Waals surface area contributed by atoms with Gasteiger partial charge < -0.3 is 9.84 Å². The van der Waals surface area contributed by atoms with E-state index in [2.05, 4.69) is 4.98 Å². The molecule has 1 heterocycles. The van der Waals surface area contributed by atoms with Crippen LogP contribution in [0.3, 0.4) is 0 Å². The summed E-state index contributed by atoms with van der Waals surface area (Å²) in [6.45, 7) is 0. The van der Waals surface area contributed by atoms with Crippen molar-refractivity contribution in [3.05, 3.63) is 57.8 Å². The van der Waals surface area contributed by atoms with Gasteiger partial charge in [-0.15, -0.1) is 0 Å². The van der Waals surface area contributed by atoms with E-state index < -0.39 is 11.9 Å². The number of rotatable bonds is 4. The average Bonchev–Trinajstić information content (AvgIpc) is 2.45. The number of halogens is 2. The summed E-state index contributed by atoms with van der Waals surface area (Å²) < 4.78 is 4.72. The Bertz CT molecular complexity index is 681. The summed E-state index contributed by atoms with van der Waals surface area (Å²) >= 11 is 11.4. The Morgan fingerprint density at radius 1 is 1.09 bits per heavy atom. The van der Waals surface area contributed by atoms with Gasteiger partial charge in [-0.1, -0.05) is 35.3 Å². The fourth-order valence-corrected chi connectivity index (χ4v) is 2.17. The number of ether oxygens (including phenoxy) is 1. The van der Waals surface area contributed by atoms with Gasteiger partial charge in [-0.2, -0.15) is 0 Å². The lowest BCUT2D eigenvalue weighted by atomic mass is 10.1. The molecule has 0 radical (unpaired) electrons. The Morgan fingerprint density at radius 3 is 2.27 bits per heavy atom. The average molecular weight is 340 g/mol. The molecule has 22 heavy (non-hydrogen) atoms. The summed E-state index contributed by atoms with van der Waals surface area (Å²) in [7, 11) is 0. The van der Waals surface area contributed by atoms with E-state index in [0.29, 0.717) is 6.42 Å². The summed E-state index contributed by atoms with van der Waals surface area (Å²) in [5.41, 5.74) is 0.903. The smallest absolute Gasteiger partial charge is 0.346 e. The highest BCUT2D eigenvalue weighted by atomic mass is 35.5. The van der Waals surface area contributed by atoms with Gasteiger partial charge in [0.2, 0.25) is 0 Å². The zero-order valence-electron chi connectivity index (χ0n) is 11.3. The van der Waals surface area contributed by atoms with Crippen LogP contribution in [-0.4, -0.2) is 22.0 Å². The second-order valence-electron chi connectivity index (χ2n) is 4.43. The van der Waals surface area contributed by atoms with Crippen LogP contribution in [0.1, 0.15) is 22.3 Å². The van der Waals surface area contributed by atoms with Gasteiger partial charge in [-0.3, -0.25) is 4.79 Å². The molecule has 2 rings (SSSR count). The lowest BCUT2D eigenvalue weighted by Gasteiger charge is -2.04. The third-order valence-electron chi connectivity index (χ3n) is 2.76. The molecule has 0 aliphatic rings. The molecule has 7 heteroatoms. The number of nitrogens with zero attached hydrogens (tertiary/aromatic N) is 1. The van der Waals surface area contributed by atoms with Crippen LogP contribution in [0.25, 0.3) is 0 Å². The van der Waals surface area contributed by atoms with Gasteiger partial charge in [-0.25, -0.2) is 9.78 Å². The zero-order chi connectivity index (χ0) is 16.1. The molecule has 5 nitrogen and oxygen atoms in total. The van der Waals surface area contributed by atoms with E-state index in [-0.39, 0.29) is 28.0 Å². The van der Waals surface area contributed by atoms with Gasteiger partial charge in [0.15, 0.2) is 0 Å². The monoisotopic (exact) mass is 339 g/mol. The first-order valence-corrected chi connectivity index (χ1v) is 7.05. The van der Waals surface area contributed by atoms with Crippen molar-refractivity contribution in [3.63, 3.8) is 0 Å². The molecule has 0 saturated heterocycles. The van der Waals surface area contributed by atoms with Crippen molar-refractivity contribution in [3.8, 4) is 5.75 Å². The summed E-state index contributed by atoms with van der Waals surface area (Å²) in [6, 6.07) is 8.95. The molecule has 0 aliphatic carbocycles. The van der Waals surface area contributed by atoms with E-state index >= 15 is 0 Å². The van der Waals surface area contributed by atoms with Crippen LogP contribution in [0.15, 0.2) is 36.4 Å². The first-order chi connectivity index (χ1) is 10.4. The predicted molar refractivity (Wildman–Crippen MR) is 81.1 cm³/mol. The van der Waals surface area contributed by atoms with Gasteiger partial charge in [-0.05, 0) is 36.2 Å². The number of aromatic nitrogens is 1. The van der Waals surface area contributed by atoms with Crippen molar-refractivity contribution >= 4 is 35.1 Å². The summed E-state index contributed by atoms with van der Waals surface area (Å²) in [6.07, 6.45) is 0.424. The third kappa shape index (κ3) is 4.72. The maximum atomic E-state index is 11.8. The highest BCUT2D eigenvalue weighted by molar-refractivity contribution is 6.33. The zero-order valence-corrected chi connectivity index (χ0v) is 12.8. The van der Waals surface area contributed by atoms with E-state index in [1.54, 1.807) is 12.1 Å². The lowest BCUT2D eigenvalue weighted by Crippen LogP contribution is -2.13. The molecule has 0 spiro atoms. The van der Waals surface area contributed by atoms with Crippen molar-refractivity contribution in [2.24, 2.45) is 0 Å². The Kier molecular flexibility index (Phi) is 5.35. The van der Waals surface area contributed by atoms with E-state index in [4.69, 9.17) is 33.0 Å². The molecule has 0 atom stereocenters. The Hall–Kier alpha value is -2.11. The molecule has 0 aliphatic heterocycles. The molecule has 1 aromatic carbocycles. The number of hydrogen-bond acceptors (Lipinski definition) is 5. The van der Waals surface area contributed by atoms with Crippen LogP contribution < -0.4 is 0 Å². The van der Waals surface area contributed by atoms with E-state index in [0.717, 1.165) is 5.56 Å². The molecule has 1 N–H and O–H groups in total. The quantitative estimate of drug-likeness (QED) is 0.524. The van der Waals surface area contributed by atoms with Crippen LogP contribution in [0.5, 0.6) is 5.75 Å². The number of aromatic hydroxyl groups is 1. The highest BCUT2D eigenvalue weighted by Gasteiger charge is 2.15. The van der Waals surface area contributed by atoms with Crippen LogP contribution in [-0.2, 0) is 16.0 Å². The molecule has 0 fully saturated rings. The minimum Gasteiger partial charge on any atom is -0.508 e. The number of esters is 2. The number of benzene rings is 1. The lowest BCUT2D eigenvalue weighted by molar-refractivity contribution is -0.137. The molecule has 0 amide bonds. The van der Waals surface area contributed by atoms with Crippen molar-refractivity contribution in [1.29, 1.82) is 0 Å². The Labute approximate surface area is 136 Å². The van der Waals surface area contributed by atoms with Crippen LogP contribution >= 0.6 is 23.2 Å². The first kappa shape index (κ1) is 16.3. The van der Waals surface area contributed by atoms with E-state index in [1.165, 1.54) is 24.3 Å². The van der Waals surface area contributed by atoms with E-state index in [9.17, 15) is 9.59 Å². The van der Waals surface area contributed by atoms with Crippen LogP contribution in [0.4, 0.5) is 0 Å². The van der Waals surface area contributed by atoms with Crippen molar-refractivity contribution in [1.82, 2.24) is 4.98 Å². The number of pyridine rings is 1. The second kappa shape index (κ2) is 7.24. The molecule has 0 saturated carbocycles. The van der Waals surface area contributed by atoms with Crippen molar-refractivity contribution in [2.75, 3.05) is 0 Å². The number of aryl methyl sites for hydroxylation is 1. The summed E-state index contributed by atoms with van der Waals surface area (Å²) in [5, 5.41) is 9.24. The van der Waals surface area contributed by atoms with Gasteiger partial charge in [0, 0.05) is 0 Å². The molecule has 114 valence electrons. The second-order valence-corrected chi connectivity index (χ2v) is 5.20. The Balaban J connectivity index is 1.91. The molecule has 1 aromatic heterocycles. The first-order valence-electron chi connectivity index (χ1n) is 6.30. The third-order valence-corrected chi connectivity index (χ3v) is 3.15. The fraction of sp³-hybridized carbons (Fsp3) is 0.133. The van der Waals surface area contributed by atoms with E-state index in [1.807, 2.05) is 0 Å².